The van der Waals surface area contributed by atoms with Crippen molar-refractivity contribution in [2.75, 3.05) is 0 Å². The smallest absolute Gasteiger partial charge is 0.311 e. The van der Waals surface area contributed by atoms with E-state index in [0.717, 1.165) is 29.5 Å². The Morgan fingerprint density at radius 3 is 2.70 bits per heavy atom. The molecule has 6 nitrogen and oxygen atoms in total. The summed E-state index contributed by atoms with van der Waals surface area (Å²) < 4.78 is 24.3. The van der Waals surface area contributed by atoms with E-state index >= 15 is 0 Å². The number of allylic oxidation sites excluding steroid dienone is 1. The maximum atomic E-state index is 13.4. The van der Waals surface area contributed by atoms with Gasteiger partial charge in [0, 0.05) is 23.4 Å². The number of nitro benzene ring substituents is 1. The van der Waals surface area contributed by atoms with Gasteiger partial charge in [0.25, 0.3) is 0 Å². The van der Waals surface area contributed by atoms with E-state index in [9.17, 15) is 19.3 Å². The Bertz CT molecular complexity index is 1310. The summed E-state index contributed by atoms with van der Waals surface area (Å²) in [5.74, 6) is -0.159. The van der Waals surface area contributed by atoms with Crippen molar-refractivity contribution in [3.63, 3.8) is 0 Å². The van der Waals surface area contributed by atoms with Gasteiger partial charge >= 0.3 is 5.69 Å². The molecule has 0 amide bonds. The highest BCUT2D eigenvalue weighted by Crippen LogP contribution is 2.28. The zero-order chi connectivity index (χ0) is 23.2. The fourth-order valence-corrected chi connectivity index (χ4v) is 4.07. The molecule has 4 rings (SSSR count). The summed E-state index contributed by atoms with van der Waals surface area (Å²) in [4.78, 5) is 24.6. The number of thiophene rings is 1. The summed E-state index contributed by atoms with van der Waals surface area (Å²) >= 11 is 1.45. The summed E-state index contributed by atoms with van der Waals surface area (Å²) in [6.45, 7) is -0.125. The van der Waals surface area contributed by atoms with Gasteiger partial charge in [-0.15, -0.1) is 11.3 Å². The van der Waals surface area contributed by atoms with Crippen LogP contribution in [0.2, 0.25) is 0 Å². The predicted octanol–water partition coefficient (Wildman–Crippen LogP) is 6.45. The number of ether oxygens (including phenoxy) is 1. The van der Waals surface area contributed by atoms with Crippen LogP contribution in [0.5, 0.6) is 5.75 Å². The molecule has 0 aliphatic rings. The second-order valence-electron chi connectivity index (χ2n) is 7.09. The Balaban J connectivity index is 1.36. The Kier molecular flexibility index (Phi) is 6.75. The second kappa shape index (κ2) is 10.1. The number of hydrogen-bond acceptors (Lipinski definition) is 6. The minimum Gasteiger partial charge on any atom is -0.479 e. The Morgan fingerprint density at radius 2 is 1.91 bits per heavy atom. The lowest BCUT2D eigenvalue weighted by molar-refractivity contribution is -0.386. The van der Waals surface area contributed by atoms with Crippen LogP contribution in [0.25, 0.3) is 6.08 Å². The van der Waals surface area contributed by atoms with Gasteiger partial charge in [0.1, 0.15) is 23.9 Å². The molecule has 0 aliphatic heterocycles. The first-order valence-corrected chi connectivity index (χ1v) is 10.8. The van der Waals surface area contributed by atoms with Crippen LogP contribution in [0.15, 0.2) is 83.3 Å². The quantitative estimate of drug-likeness (QED) is 0.123. The van der Waals surface area contributed by atoms with Crippen molar-refractivity contribution in [3.05, 3.63) is 122 Å². The van der Waals surface area contributed by atoms with Gasteiger partial charge in [0.15, 0.2) is 11.5 Å². The molecule has 0 saturated heterocycles. The average Bonchev–Trinajstić information content (AvgIpc) is 3.46. The molecule has 2 aromatic carbocycles. The largest absolute Gasteiger partial charge is 0.479 e. The normalized spacial score (nSPS) is 11.1. The molecular formula is C25H18FNO5S. The van der Waals surface area contributed by atoms with Gasteiger partial charge in [-0.05, 0) is 48.0 Å². The van der Waals surface area contributed by atoms with Gasteiger partial charge in [0.05, 0.1) is 9.80 Å². The maximum absolute atomic E-state index is 13.4. The lowest BCUT2D eigenvalue weighted by atomic mass is 10.1. The van der Waals surface area contributed by atoms with E-state index in [-0.39, 0.29) is 23.8 Å². The number of halogens is 1. The predicted molar refractivity (Wildman–Crippen MR) is 123 cm³/mol. The number of furan rings is 1. The molecule has 0 radical (unpaired) electrons. The molecule has 0 aliphatic carbocycles. The van der Waals surface area contributed by atoms with Gasteiger partial charge in [0.2, 0.25) is 0 Å². The van der Waals surface area contributed by atoms with Crippen LogP contribution in [0.3, 0.4) is 0 Å². The topological polar surface area (TPSA) is 82.6 Å². The molecule has 2 aromatic heterocycles. The number of hydrogen-bond donors (Lipinski definition) is 0. The minimum atomic E-state index is -0.646. The van der Waals surface area contributed by atoms with Crippen molar-refractivity contribution < 1.29 is 23.3 Å². The van der Waals surface area contributed by atoms with Gasteiger partial charge in [-0.3, -0.25) is 14.9 Å². The van der Waals surface area contributed by atoms with Crippen LogP contribution in [0.1, 0.15) is 31.6 Å². The zero-order valence-electron chi connectivity index (χ0n) is 17.3. The summed E-state index contributed by atoms with van der Waals surface area (Å²) in [5, 5.41) is 11.0. The van der Waals surface area contributed by atoms with Crippen molar-refractivity contribution in [1.82, 2.24) is 0 Å². The molecule has 0 spiro atoms. The van der Waals surface area contributed by atoms with Crippen LogP contribution < -0.4 is 4.74 Å². The summed E-state index contributed by atoms with van der Waals surface area (Å²) in [5.41, 5.74) is 0.846. The van der Waals surface area contributed by atoms with Gasteiger partial charge < -0.3 is 9.15 Å². The van der Waals surface area contributed by atoms with Crippen LogP contribution in [-0.2, 0) is 13.0 Å². The first-order chi connectivity index (χ1) is 16.0. The SMILES string of the molecule is O=C(/C=C/c1ccc(COc2cc(F)ccc2[N+](=O)[O-])o1)c1ccc(Cc2ccccc2)s1. The third kappa shape index (κ3) is 5.81. The van der Waals surface area contributed by atoms with Crippen molar-refractivity contribution in [1.29, 1.82) is 0 Å². The molecule has 166 valence electrons. The molecule has 0 N–H and O–H groups in total. The van der Waals surface area contributed by atoms with E-state index < -0.39 is 10.7 Å². The van der Waals surface area contributed by atoms with E-state index in [1.54, 1.807) is 18.2 Å². The summed E-state index contributed by atoms with van der Waals surface area (Å²) in [6.07, 6.45) is 3.75. The van der Waals surface area contributed by atoms with Crippen LogP contribution in [0.4, 0.5) is 10.1 Å². The zero-order valence-corrected chi connectivity index (χ0v) is 18.1. The van der Waals surface area contributed by atoms with E-state index in [1.807, 2.05) is 42.5 Å². The third-order valence-corrected chi connectivity index (χ3v) is 5.80. The Labute approximate surface area is 192 Å². The number of rotatable bonds is 9. The lowest BCUT2D eigenvalue weighted by Crippen LogP contribution is -1.99. The molecule has 0 fully saturated rings. The standard InChI is InChI=1S/C25H18FNO5S/c26-18-6-11-22(27(29)30)24(15-18)31-16-20-8-7-19(32-20)9-12-23(28)25-13-10-21(33-25)14-17-4-2-1-3-5-17/h1-13,15H,14,16H2/b12-9+. The van der Waals surface area contributed by atoms with Crippen LogP contribution in [-0.4, -0.2) is 10.7 Å². The van der Waals surface area contributed by atoms with E-state index in [0.29, 0.717) is 16.4 Å². The number of nitro groups is 1. The number of nitrogens with zero attached hydrogens (tertiary/aromatic N) is 1. The van der Waals surface area contributed by atoms with E-state index in [1.165, 1.54) is 23.0 Å². The van der Waals surface area contributed by atoms with Gasteiger partial charge in [-0.2, -0.15) is 0 Å². The molecule has 33 heavy (non-hydrogen) atoms. The Morgan fingerprint density at radius 1 is 1.09 bits per heavy atom. The second-order valence-corrected chi connectivity index (χ2v) is 8.26. The van der Waals surface area contributed by atoms with Crippen LogP contribution >= 0.6 is 11.3 Å². The summed E-state index contributed by atoms with van der Waals surface area (Å²) in [6, 6.07) is 20.1. The summed E-state index contributed by atoms with van der Waals surface area (Å²) in [7, 11) is 0. The van der Waals surface area contributed by atoms with Crippen molar-refractivity contribution in [2.24, 2.45) is 0 Å². The first kappa shape index (κ1) is 22.2. The van der Waals surface area contributed by atoms with E-state index in [2.05, 4.69) is 0 Å². The molecule has 0 atom stereocenters. The maximum Gasteiger partial charge on any atom is 0.311 e. The van der Waals surface area contributed by atoms with Crippen molar-refractivity contribution in [3.8, 4) is 5.75 Å². The highest BCUT2D eigenvalue weighted by molar-refractivity contribution is 7.14. The average molecular weight is 463 g/mol. The molecule has 0 bridgehead atoms. The number of benzene rings is 2. The highest BCUT2D eigenvalue weighted by Gasteiger charge is 2.16. The minimum absolute atomic E-state index is 0.125. The number of carbonyl (C=O) groups excluding carboxylic acids is 1. The van der Waals surface area contributed by atoms with Crippen molar-refractivity contribution in [2.45, 2.75) is 13.0 Å². The first-order valence-electron chi connectivity index (χ1n) is 9.98. The lowest BCUT2D eigenvalue weighted by Gasteiger charge is -2.05. The number of carbonyl (C=O) groups is 1. The van der Waals surface area contributed by atoms with Gasteiger partial charge in [-0.1, -0.05) is 30.3 Å². The van der Waals surface area contributed by atoms with Gasteiger partial charge in [-0.25, -0.2) is 4.39 Å². The van der Waals surface area contributed by atoms with Crippen LogP contribution in [0, 0.1) is 15.9 Å². The van der Waals surface area contributed by atoms with E-state index in [4.69, 9.17) is 9.15 Å². The fourth-order valence-electron chi connectivity index (χ4n) is 3.11. The molecule has 0 saturated carbocycles. The number of ketones is 1. The highest BCUT2D eigenvalue weighted by atomic mass is 32.1. The molecule has 4 aromatic rings. The molecular weight excluding hydrogens is 445 g/mol. The molecule has 2 heterocycles. The Hall–Kier alpha value is -4.04. The third-order valence-electron chi connectivity index (χ3n) is 4.70. The molecule has 8 heteroatoms. The monoisotopic (exact) mass is 463 g/mol. The molecule has 0 unspecified atom stereocenters. The fraction of sp³-hybridized carbons (Fsp3) is 0.0800. The van der Waals surface area contributed by atoms with Crippen molar-refractivity contribution >= 4 is 28.9 Å².